The lowest BCUT2D eigenvalue weighted by Gasteiger charge is -2.10. The highest BCUT2D eigenvalue weighted by Gasteiger charge is 2.04. The lowest BCUT2D eigenvalue weighted by molar-refractivity contribution is -0.113. The molecule has 0 spiro atoms. The molecule has 0 aromatic heterocycles. The number of ether oxygens (including phenoxy) is 1. The number of hydrogen-bond acceptors (Lipinski definition) is 3. The van der Waals surface area contributed by atoms with Crippen molar-refractivity contribution >= 4 is 35.0 Å². The molecule has 0 heterocycles. The van der Waals surface area contributed by atoms with Crippen LogP contribution in [0.15, 0.2) is 47.4 Å². The molecular weight excluding hydrogens is 330 g/mol. The lowest BCUT2D eigenvalue weighted by Crippen LogP contribution is -2.12. The highest BCUT2D eigenvalue weighted by atomic mass is 35.5. The maximum absolute atomic E-state index is 11.2. The first-order valence-electron chi connectivity index (χ1n) is 7.49. The fourth-order valence-electron chi connectivity index (χ4n) is 1.95. The SMILES string of the molecule is CCCSc1cc(Oc2ccc(NC(=O)CCl)cc2)ccc1C. The van der Waals surface area contributed by atoms with Gasteiger partial charge in [0.05, 0.1) is 0 Å². The van der Waals surface area contributed by atoms with Gasteiger partial charge in [-0.1, -0.05) is 13.0 Å². The third-order valence-corrected chi connectivity index (χ3v) is 4.72. The molecule has 0 aliphatic rings. The van der Waals surface area contributed by atoms with Crippen molar-refractivity contribution in [1.82, 2.24) is 0 Å². The Morgan fingerprint density at radius 1 is 1.17 bits per heavy atom. The van der Waals surface area contributed by atoms with Gasteiger partial charge in [0.15, 0.2) is 0 Å². The van der Waals surface area contributed by atoms with E-state index in [2.05, 4.69) is 31.3 Å². The Balaban J connectivity index is 2.05. The van der Waals surface area contributed by atoms with Crippen molar-refractivity contribution in [3.8, 4) is 11.5 Å². The molecule has 2 aromatic carbocycles. The van der Waals surface area contributed by atoms with Crippen molar-refractivity contribution in [3.63, 3.8) is 0 Å². The zero-order valence-electron chi connectivity index (χ0n) is 13.3. The minimum atomic E-state index is -0.225. The van der Waals surface area contributed by atoms with Crippen molar-refractivity contribution in [2.24, 2.45) is 0 Å². The first kappa shape index (κ1) is 17.7. The van der Waals surface area contributed by atoms with Gasteiger partial charge in [0.2, 0.25) is 5.91 Å². The van der Waals surface area contributed by atoms with Gasteiger partial charge in [-0.25, -0.2) is 0 Å². The molecule has 0 unspecified atom stereocenters. The van der Waals surface area contributed by atoms with E-state index in [4.69, 9.17) is 16.3 Å². The van der Waals surface area contributed by atoms with E-state index in [9.17, 15) is 4.79 Å². The molecule has 5 heteroatoms. The van der Waals surface area contributed by atoms with Crippen molar-refractivity contribution < 1.29 is 9.53 Å². The highest BCUT2D eigenvalue weighted by molar-refractivity contribution is 7.99. The molecule has 1 amide bonds. The smallest absolute Gasteiger partial charge is 0.239 e. The predicted octanol–water partition coefficient (Wildman–Crippen LogP) is 5.47. The van der Waals surface area contributed by atoms with E-state index in [-0.39, 0.29) is 11.8 Å². The summed E-state index contributed by atoms with van der Waals surface area (Å²) in [4.78, 5) is 12.5. The maximum atomic E-state index is 11.2. The van der Waals surface area contributed by atoms with Gasteiger partial charge >= 0.3 is 0 Å². The van der Waals surface area contributed by atoms with Crippen molar-refractivity contribution in [3.05, 3.63) is 48.0 Å². The Bertz CT molecular complexity index is 659. The standard InChI is InChI=1S/C18H20ClNO2S/c1-3-10-23-17-11-16(7-4-13(17)2)22-15-8-5-14(6-9-15)20-18(21)12-19/h4-9,11H,3,10,12H2,1-2H3,(H,20,21). The maximum Gasteiger partial charge on any atom is 0.239 e. The zero-order valence-corrected chi connectivity index (χ0v) is 14.8. The molecule has 0 aliphatic carbocycles. The lowest BCUT2D eigenvalue weighted by atomic mass is 10.2. The summed E-state index contributed by atoms with van der Waals surface area (Å²) in [5, 5.41) is 2.69. The largest absolute Gasteiger partial charge is 0.457 e. The molecule has 2 aromatic rings. The Morgan fingerprint density at radius 3 is 2.52 bits per heavy atom. The normalized spacial score (nSPS) is 10.4. The second-order valence-electron chi connectivity index (χ2n) is 5.08. The second kappa shape index (κ2) is 8.85. The average molecular weight is 350 g/mol. The van der Waals surface area contributed by atoms with E-state index in [0.717, 1.165) is 23.7 Å². The topological polar surface area (TPSA) is 38.3 Å². The number of carbonyl (C=O) groups excluding carboxylic acids is 1. The Morgan fingerprint density at radius 2 is 1.87 bits per heavy atom. The van der Waals surface area contributed by atoms with Gasteiger partial charge < -0.3 is 10.1 Å². The van der Waals surface area contributed by atoms with Crippen molar-refractivity contribution in [2.45, 2.75) is 25.2 Å². The quantitative estimate of drug-likeness (QED) is 0.532. The van der Waals surface area contributed by atoms with Gasteiger partial charge in [-0.2, -0.15) is 0 Å². The average Bonchev–Trinajstić information content (AvgIpc) is 2.57. The van der Waals surface area contributed by atoms with Gasteiger partial charge in [0, 0.05) is 10.6 Å². The fourth-order valence-corrected chi connectivity index (χ4v) is 2.93. The molecular formula is C18H20ClNO2S. The molecule has 0 saturated carbocycles. The summed E-state index contributed by atoms with van der Waals surface area (Å²) in [6.07, 6.45) is 1.14. The molecule has 23 heavy (non-hydrogen) atoms. The van der Waals surface area contributed by atoms with Gasteiger partial charge in [0.1, 0.15) is 17.4 Å². The van der Waals surface area contributed by atoms with Gasteiger partial charge in [0.25, 0.3) is 0 Å². The summed E-state index contributed by atoms with van der Waals surface area (Å²) in [6.45, 7) is 4.28. The van der Waals surface area contributed by atoms with Crippen LogP contribution in [0.4, 0.5) is 5.69 Å². The molecule has 0 fully saturated rings. The summed E-state index contributed by atoms with van der Waals surface area (Å²) in [5.41, 5.74) is 1.96. The van der Waals surface area contributed by atoms with Crippen LogP contribution < -0.4 is 10.1 Å². The number of nitrogens with one attached hydrogen (secondary N) is 1. The molecule has 2 rings (SSSR count). The predicted molar refractivity (Wildman–Crippen MR) is 98.1 cm³/mol. The van der Waals surface area contributed by atoms with Crippen LogP contribution >= 0.6 is 23.4 Å². The summed E-state index contributed by atoms with van der Waals surface area (Å²) < 4.78 is 5.89. The molecule has 0 saturated heterocycles. The van der Waals surface area contributed by atoms with Gasteiger partial charge in [-0.15, -0.1) is 23.4 Å². The second-order valence-corrected chi connectivity index (χ2v) is 6.49. The van der Waals surface area contributed by atoms with Gasteiger partial charge in [-0.3, -0.25) is 4.79 Å². The van der Waals surface area contributed by atoms with Crippen LogP contribution in [0.2, 0.25) is 0 Å². The Hall–Kier alpha value is -1.65. The number of benzene rings is 2. The summed E-state index contributed by atoms with van der Waals surface area (Å²) in [5.74, 6) is 2.35. The summed E-state index contributed by atoms with van der Waals surface area (Å²) >= 11 is 7.31. The molecule has 0 bridgehead atoms. The summed E-state index contributed by atoms with van der Waals surface area (Å²) in [6, 6.07) is 13.3. The number of thioether (sulfide) groups is 1. The number of carbonyl (C=O) groups is 1. The molecule has 0 atom stereocenters. The zero-order chi connectivity index (χ0) is 16.7. The molecule has 0 radical (unpaired) electrons. The van der Waals surface area contributed by atoms with Crippen LogP contribution in [0.1, 0.15) is 18.9 Å². The van der Waals surface area contributed by atoms with E-state index < -0.39 is 0 Å². The third kappa shape index (κ3) is 5.48. The number of alkyl halides is 1. The number of halogens is 1. The van der Waals surface area contributed by atoms with Crippen LogP contribution in [-0.2, 0) is 4.79 Å². The monoisotopic (exact) mass is 349 g/mol. The number of rotatable bonds is 7. The van der Waals surface area contributed by atoms with E-state index in [0.29, 0.717) is 5.69 Å². The van der Waals surface area contributed by atoms with Crippen LogP contribution in [0, 0.1) is 6.92 Å². The van der Waals surface area contributed by atoms with Crippen LogP contribution in [0.5, 0.6) is 11.5 Å². The summed E-state index contributed by atoms with van der Waals surface area (Å²) in [7, 11) is 0. The van der Waals surface area contributed by atoms with E-state index >= 15 is 0 Å². The first-order valence-corrected chi connectivity index (χ1v) is 9.01. The molecule has 0 aliphatic heterocycles. The Kier molecular flexibility index (Phi) is 6.81. The molecule has 122 valence electrons. The van der Waals surface area contributed by atoms with E-state index in [1.54, 1.807) is 12.1 Å². The van der Waals surface area contributed by atoms with E-state index in [1.165, 1.54) is 10.5 Å². The van der Waals surface area contributed by atoms with E-state index in [1.807, 2.05) is 30.0 Å². The minimum Gasteiger partial charge on any atom is -0.457 e. The van der Waals surface area contributed by atoms with Crippen LogP contribution in [0.25, 0.3) is 0 Å². The third-order valence-electron chi connectivity index (χ3n) is 3.12. The molecule has 1 N–H and O–H groups in total. The number of hydrogen-bond donors (Lipinski definition) is 1. The van der Waals surface area contributed by atoms with Crippen LogP contribution in [0.3, 0.4) is 0 Å². The van der Waals surface area contributed by atoms with Crippen molar-refractivity contribution in [2.75, 3.05) is 16.9 Å². The van der Waals surface area contributed by atoms with Gasteiger partial charge in [-0.05, 0) is 61.1 Å². The van der Waals surface area contributed by atoms with Crippen LogP contribution in [-0.4, -0.2) is 17.5 Å². The minimum absolute atomic E-state index is 0.0557. The fraction of sp³-hybridized carbons (Fsp3) is 0.278. The molecule has 3 nitrogen and oxygen atoms in total. The van der Waals surface area contributed by atoms with Crippen molar-refractivity contribution in [1.29, 1.82) is 0 Å². The first-order chi connectivity index (χ1) is 11.1. The number of amides is 1. The Labute approximate surface area is 146 Å². The number of aryl methyl sites for hydroxylation is 1. The number of anilines is 1. The highest BCUT2D eigenvalue weighted by Crippen LogP contribution is 2.30.